The normalized spacial score (nSPS) is 12.1. The Morgan fingerprint density at radius 1 is 0.966 bits per heavy atom. The third-order valence-electron chi connectivity index (χ3n) is 5.00. The third-order valence-corrected chi connectivity index (χ3v) is 5.00. The number of nitrogens with one attached hydrogen (secondary N) is 2. The fourth-order valence-electron chi connectivity index (χ4n) is 3.57. The molecule has 5 nitrogen and oxygen atoms in total. The van der Waals surface area contributed by atoms with Crippen molar-refractivity contribution in [3.8, 4) is 0 Å². The molecule has 2 amide bonds. The monoisotopic (exact) mass is 415 g/mol. The van der Waals surface area contributed by atoms with Gasteiger partial charge in [0.05, 0.1) is 0 Å². The van der Waals surface area contributed by atoms with Crippen molar-refractivity contribution in [1.82, 2.24) is 15.5 Å². The number of hydrogen-bond acceptors (Lipinski definition) is 3. The summed E-state index contributed by atoms with van der Waals surface area (Å²) < 4.78 is 0. The Balaban J connectivity index is 0.00000300. The van der Waals surface area contributed by atoms with Gasteiger partial charge in [-0.2, -0.15) is 0 Å². The van der Waals surface area contributed by atoms with Crippen LogP contribution in [0.25, 0.3) is 0 Å². The van der Waals surface area contributed by atoms with Crippen molar-refractivity contribution in [2.24, 2.45) is 0 Å². The lowest BCUT2D eigenvalue weighted by Gasteiger charge is -2.21. The summed E-state index contributed by atoms with van der Waals surface area (Å²) in [5, 5.41) is 6.29. The maximum atomic E-state index is 12.8. The Labute approximate surface area is 179 Å². The second-order valence-electron chi connectivity index (χ2n) is 7.26. The number of carbonyl (C=O) groups excluding carboxylic acids is 2. The number of fused-ring (bicyclic) bond motifs is 1. The van der Waals surface area contributed by atoms with Crippen molar-refractivity contribution >= 4 is 24.2 Å². The van der Waals surface area contributed by atoms with Gasteiger partial charge < -0.3 is 15.5 Å². The molecule has 0 aliphatic carbocycles. The van der Waals surface area contributed by atoms with Crippen LogP contribution in [0, 0.1) is 0 Å². The Hall–Kier alpha value is -2.37. The van der Waals surface area contributed by atoms with E-state index in [1.165, 1.54) is 11.1 Å². The summed E-state index contributed by atoms with van der Waals surface area (Å²) in [6.07, 6.45) is 1.84. The van der Waals surface area contributed by atoms with Crippen LogP contribution in [-0.2, 0) is 19.6 Å². The molecule has 0 atom stereocenters. The number of benzene rings is 2. The Kier molecular flexibility index (Phi) is 8.68. The zero-order valence-electron chi connectivity index (χ0n) is 17.2. The Bertz CT molecular complexity index is 848. The maximum absolute atomic E-state index is 12.8. The lowest BCUT2D eigenvalue weighted by molar-refractivity contribution is 0.0755. The van der Waals surface area contributed by atoms with Crippen molar-refractivity contribution in [2.45, 2.75) is 46.3 Å². The highest BCUT2D eigenvalue weighted by Gasteiger charge is 2.16. The van der Waals surface area contributed by atoms with E-state index in [9.17, 15) is 9.59 Å². The van der Waals surface area contributed by atoms with E-state index in [2.05, 4.69) is 42.7 Å². The molecule has 156 valence electrons. The van der Waals surface area contributed by atoms with Crippen LogP contribution in [0.4, 0.5) is 0 Å². The number of carbonyl (C=O) groups is 2. The summed E-state index contributed by atoms with van der Waals surface area (Å²) >= 11 is 0. The van der Waals surface area contributed by atoms with E-state index in [0.717, 1.165) is 44.6 Å². The van der Waals surface area contributed by atoms with Crippen molar-refractivity contribution in [2.75, 3.05) is 13.1 Å². The number of halogens is 1. The van der Waals surface area contributed by atoms with Gasteiger partial charge in [0.15, 0.2) is 0 Å². The molecule has 0 radical (unpaired) electrons. The second-order valence-corrected chi connectivity index (χ2v) is 7.26. The zero-order chi connectivity index (χ0) is 19.9. The first kappa shape index (κ1) is 22.9. The van der Waals surface area contributed by atoms with Gasteiger partial charge in [0, 0.05) is 43.9 Å². The van der Waals surface area contributed by atoms with E-state index in [0.29, 0.717) is 17.7 Å². The minimum Gasteiger partial charge on any atom is -0.348 e. The van der Waals surface area contributed by atoms with Crippen LogP contribution >= 0.6 is 12.4 Å². The molecule has 0 unspecified atom stereocenters. The predicted octanol–water partition coefficient (Wildman–Crippen LogP) is 3.90. The molecule has 1 heterocycles. The van der Waals surface area contributed by atoms with E-state index < -0.39 is 0 Å². The molecule has 2 aromatic carbocycles. The molecule has 29 heavy (non-hydrogen) atoms. The number of amides is 2. The van der Waals surface area contributed by atoms with Crippen molar-refractivity contribution in [3.05, 3.63) is 70.3 Å². The van der Waals surface area contributed by atoms with Crippen LogP contribution in [0.5, 0.6) is 0 Å². The maximum Gasteiger partial charge on any atom is 0.253 e. The molecule has 2 N–H and O–H groups in total. The molecule has 0 aromatic heterocycles. The van der Waals surface area contributed by atoms with Gasteiger partial charge in [-0.3, -0.25) is 9.59 Å². The summed E-state index contributed by atoms with van der Waals surface area (Å²) in [6, 6.07) is 13.3. The smallest absolute Gasteiger partial charge is 0.253 e. The van der Waals surface area contributed by atoms with E-state index in [4.69, 9.17) is 0 Å². The van der Waals surface area contributed by atoms with Crippen LogP contribution in [0.2, 0.25) is 0 Å². The highest BCUT2D eigenvalue weighted by Crippen LogP contribution is 2.17. The van der Waals surface area contributed by atoms with E-state index in [-0.39, 0.29) is 24.2 Å². The fourth-order valence-corrected chi connectivity index (χ4v) is 3.57. The van der Waals surface area contributed by atoms with Crippen LogP contribution in [0.1, 0.15) is 64.1 Å². The summed E-state index contributed by atoms with van der Waals surface area (Å²) in [4.78, 5) is 27.2. The highest BCUT2D eigenvalue weighted by molar-refractivity contribution is 5.99. The van der Waals surface area contributed by atoms with Crippen LogP contribution in [0.3, 0.4) is 0 Å². The minimum atomic E-state index is -0.161. The predicted molar refractivity (Wildman–Crippen MR) is 118 cm³/mol. The first-order valence-electron chi connectivity index (χ1n) is 10.1. The topological polar surface area (TPSA) is 61.4 Å². The molecule has 0 fully saturated rings. The zero-order valence-corrected chi connectivity index (χ0v) is 18.0. The van der Waals surface area contributed by atoms with Gasteiger partial charge in [-0.1, -0.05) is 38.1 Å². The first-order valence-corrected chi connectivity index (χ1v) is 10.1. The number of hydrogen-bond donors (Lipinski definition) is 2. The van der Waals surface area contributed by atoms with E-state index in [1.54, 1.807) is 24.3 Å². The minimum absolute atomic E-state index is 0. The van der Waals surface area contributed by atoms with Crippen LogP contribution in [0.15, 0.2) is 42.5 Å². The van der Waals surface area contributed by atoms with Gasteiger partial charge in [-0.05, 0) is 47.7 Å². The largest absolute Gasteiger partial charge is 0.348 e. The quantitative estimate of drug-likeness (QED) is 0.687. The van der Waals surface area contributed by atoms with E-state index in [1.807, 2.05) is 4.90 Å². The molecular weight excluding hydrogens is 386 g/mol. The highest BCUT2D eigenvalue weighted by atomic mass is 35.5. The van der Waals surface area contributed by atoms with Crippen molar-refractivity contribution in [3.63, 3.8) is 0 Å². The molecule has 2 aromatic rings. The summed E-state index contributed by atoms with van der Waals surface area (Å²) in [7, 11) is 0. The van der Waals surface area contributed by atoms with Gasteiger partial charge in [0.2, 0.25) is 0 Å². The summed E-state index contributed by atoms with van der Waals surface area (Å²) in [5.41, 5.74) is 4.79. The average Bonchev–Trinajstić information content (AvgIpc) is 3.19. The molecule has 0 saturated carbocycles. The molecule has 0 spiro atoms. The average molecular weight is 416 g/mol. The van der Waals surface area contributed by atoms with Gasteiger partial charge in [0.25, 0.3) is 11.8 Å². The molecular formula is C23H30ClN3O2. The Morgan fingerprint density at radius 3 is 2.38 bits per heavy atom. The molecule has 1 aliphatic rings. The van der Waals surface area contributed by atoms with Crippen molar-refractivity contribution < 1.29 is 9.59 Å². The second kappa shape index (κ2) is 11.0. The molecule has 3 rings (SSSR count). The third kappa shape index (κ3) is 5.81. The summed E-state index contributed by atoms with van der Waals surface area (Å²) in [6.45, 7) is 7.86. The first-order chi connectivity index (χ1) is 13.6. The lowest BCUT2D eigenvalue weighted by Crippen LogP contribution is -2.32. The molecule has 0 saturated heterocycles. The van der Waals surface area contributed by atoms with E-state index >= 15 is 0 Å². The number of nitrogens with zero attached hydrogens (tertiary/aromatic N) is 1. The van der Waals surface area contributed by atoms with Gasteiger partial charge >= 0.3 is 0 Å². The lowest BCUT2D eigenvalue weighted by atomic mass is 10.1. The van der Waals surface area contributed by atoms with Crippen LogP contribution in [-0.4, -0.2) is 29.8 Å². The van der Waals surface area contributed by atoms with Crippen molar-refractivity contribution in [1.29, 1.82) is 0 Å². The SMILES string of the molecule is CCCN(CCC)C(=O)c1cccc(C(=O)NCc2ccc3c(c2)CNC3)c1.Cl. The molecule has 1 aliphatic heterocycles. The van der Waals surface area contributed by atoms with Crippen LogP contribution < -0.4 is 10.6 Å². The molecule has 0 bridgehead atoms. The van der Waals surface area contributed by atoms with Gasteiger partial charge in [-0.25, -0.2) is 0 Å². The summed E-state index contributed by atoms with van der Waals surface area (Å²) in [5.74, 6) is -0.171. The van der Waals surface area contributed by atoms with Gasteiger partial charge in [-0.15, -0.1) is 12.4 Å². The number of rotatable bonds is 8. The van der Waals surface area contributed by atoms with Gasteiger partial charge in [0.1, 0.15) is 0 Å². The molecule has 6 heteroatoms. The fraction of sp³-hybridized carbons (Fsp3) is 0.391. The Morgan fingerprint density at radius 2 is 1.66 bits per heavy atom. The standard InChI is InChI=1S/C23H29N3O2.ClH/c1-3-10-26(11-4-2)23(28)19-7-5-6-18(13-19)22(27)25-14-17-8-9-20-15-24-16-21(20)12-17;/h5-9,12-13,24H,3-4,10-11,14-16H2,1-2H3,(H,25,27);1H.